The quantitative estimate of drug-likeness (QED) is 0.491. The van der Waals surface area contributed by atoms with E-state index in [0.717, 1.165) is 41.5 Å². The first kappa shape index (κ1) is 20.1. The van der Waals surface area contributed by atoms with E-state index < -0.39 is 17.7 Å². The highest BCUT2D eigenvalue weighted by molar-refractivity contribution is 5.95. The molecule has 0 bridgehead atoms. The average Bonchev–Trinajstić information content (AvgIpc) is 2.75. The highest BCUT2D eigenvalue weighted by atomic mass is 19.1. The summed E-state index contributed by atoms with van der Waals surface area (Å²) in [7, 11) is 0. The molecule has 30 heavy (non-hydrogen) atoms. The van der Waals surface area contributed by atoms with Gasteiger partial charge in [-0.2, -0.15) is 0 Å². The predicted octanol–water partition coefficient (Wildman–Crippen LogP) is 7.08. The SMILES string of the molecule is CCCCc1ccc([C@@H]2Oc3cc(F)c(O)cc3C(C)=C2c2ccc(F)cc2)cc1. The molecule has 1 aliphatic rings. The van der Waals surface area contributed by atoms with Gasteiger partial charge >= 0.3 is 0 Å². The van der Waals surface area contributed by atoms with E-state index in [1.165, 1.54) is 29.8 Å². The molecule has 0 amide bonds. The number of fused-ring (bicyclic) bond motifs is 1. The molecule has 0 radical (unpaired) electrons. The number of phenols is 1. The predicted molar refractivity (Wildman–Crippen MR) is 115 cm³/mol. The second-order valence-electron chi connectivity index (χ2n) is 7.69. The summed E-state index contributed by atoms with van der Waals surface area (Å²) in [4.78, 5) is 0. The van der Waals surface area contributed by atoms with Crippen molar-refractivity contribution in [1.82, 2.24) is 0 Å². The van der Waals surface area contributed by atoms with E-state index in [9.17, 15) is 13.9 Å². The maximum Gasteiger partial charge on any atom is 0.168 e. The maximum absolute atomic E-state index is 14.0. The molecule has 0 fully saturated rings. The van der Waals surface area contributed by atoms with Gasteiger partial charge in [0.25, 0.3) is 0 Å². The fourth-order valence-electron chi connectivity index (χ4n) is 3.93. The average molecular weight is 406 g/mol. The zero-order valence-electron chi connectivity index (χ0n) is 17.1. The summed E-state index contributed by atoms with van der Waals surface area (Å²) in [5.41, 5.74) is 5.38. The van der Waals surface area contributed by atoms with Crippen LogP contribution in [0.4, 0.5) is 8.78 Å². The Morgan fingerprint density at radius 3 is 2.33 bits per heavy atom. The van der Waals surface area contributed by atoms with Gasteiger partial charge in [0.15, 0.2) is 11.6 Å². The van der Waals surface area contributed by atoms with E-state index in [2.05, 4.69) is 19.1 Å². The van der Waals surface area contributed by atoms with Crippen molar-refractivity contribution in [2.75, 3.05) is 0 Å². The second-order valence-corrected chi connectivity index (χ2v) is 7.69. The second kappa shape index (κ2) is 8.31. The number of allylic oxidation sites excluding steroid dienone is 1. The molecule has 3 aromatic carbocycles. The summed E-state index contributed by atoms with van der Waals surface area (Å²) < 4.78 is 33.8. The Balaban J connectivity index is 1.83. The highest BCUT2D eigenvalue weighted by Gasteiger charge is 2.30. The van der Waals surface area contributed by atoms with Gasteiger partial charge in [-0.1, -0.05) is 49.7 Å². The molecule has 2 nitrogen and oxygen atoms in total. The third-order valence-electron chi connectivity index (χ3n) is 5.62. The molecule has 4 heteroatoms. The number of rotatable bonds is 5. The fraction of sp³-hybridized carbons (Fsp3) is 0.231. The Kier molecular flexibility index (Phi) is 5.58. The van der Waals surface area contributed by atoms with Crippen LogP contribution < -0.4 is 4.74 Å². The lowest BCUT2D eigenvalue weighted by Gasteiger charge is -2.31. The van der Waals surface area contributed by atoms with Crippen LogP contribution in [-0.2, 0) is 6.42 Å². The molecule has 1 heterocycles. The summed E-state index contributed by atoms with van der Waals surface area (Å²) >= 11 is 0. The van der Waals surface area contributed by atoms with E-state index in [4.69, 9.17) is 4.74 Å². The number of hydrogen-bond acceptors (Lipinski definition) is 2. The maximum atomic E-state index is 14.0. The van der Waals surface area contributed by atoms with Crippen molar-refractivity contribution in [1.29, 1.82) is 0 Å². The first-order valence-corrected chi connectivity index (χ1v) is 10.2. The Morgan fingerprint density at radius 1 is 0.967 bits per heavy atom. The van der Waals surface area contributed by atoms with Crippen LogP contribution in [0.1, 0.15) is 55.0 Å². The van der Waals surface area contributed by atoms with E-state index >= 15 is 0 Å². The van der Waals surface area contributed by atoms with Crippen LogP contribution in [0.5, 0.6) is 11.5 Å². The summed E-state index contributed by atoms with van der Waals surface area (Å²) in [5, 5.41) is 9.87. The van der Waals surface area contributed by atoms with E-state index in [0.29, 0.717) is 11.3 Å². The third-order valence-corrected chi connectivity index (χ3v) is 5.62. The van der Waals surface area contributed by atoms with Crippen LogP contribution in [0.25, 0.3) is 11.1 Å². The highest BCUT2D eigenvalue weighted by Crippen LogP contribution is 2.47. The molecule has 0 unspecified atom stereocenters. The smallest absolute Gasteiger partial charge is 0.168 e. The van der Waals surface area contributed by atoms with Crippen LogP contribution in [0, 0.1) is 11.6 Å². The first-order valence-electron chi connectivity index (χ1n) is 10.2. The molecule has 0 saturated carbocycles. The molecule has 0 spiro atoms. The molecular formula is C26H24F2O2. The minimum atomic E-state index is -0.722. The minimum Gasteiger partial charge on any atom is -0.505 e. The van der Waals surface area contributed by atoms with Gasteiger partial charge in [-0.15, -0.1) is 0 Å². The van der Waals surface area contributed by atoms with Gasteiger partial charge < -0.3 is 9.84 Å². The lowest BCUT2D eigenvalue weighted by atomic mass is 9.86. The van der Waals surface area contributed by atoms with Crippen molar-refractivity contribution in [3.63, 3.8) is 0 Å². The van der Waals surface area contributed by atoms with Crippen molar-refractivity contribution in [3.05, 3.63) is 94.6 Å². The summed E-state index contributed by atoms with van der Waals surface area (Å²) in [6.07, 6.45) is 2.83. The summed E-state index contributed by atoms with van der Waals surface area (Å²) in [5.74, 6) is -1.08. The van der Waals surface area contributed by atoms with Gasteiger partial charge in [-0.3, -0.25) is 0 Å². The molecule has 1 N–H and O–H groups in total. The Morgan fingerprint density at radius 2 is 1.67 bits per heavy atom. The van der Waals surface area contributed by atoms with Crippen LogP contribution in [0.2, 0.25) is 0 Å². The van der Waals surface area contributed by atoms with Crippen molar-refractivity contribution < 1.29 is 18.6 Å². The van der Waals surface area contributed by atoms with E-state index in [-0.39, 0.29) is 5.82 Å². The first-order chi connectivity index (χ1) is 14.5. The minimum absolute atomic E-state index is 0.314. The lowest BCUT2D eigenvalue weighted by molar-refractivity contribution is 0.258. The Labute approximate surface area is 175 Å². The summed E-state index contributed by atoms with van der Waals surface area (Å²) in [6, 6.07) is 17.1. The number of unbranched alkanes of at least 4 members (excludes halogenated alkanes) is 1. The molecule has 1 atom stereocenters. The number of benzene rings is 3. The Bertz CT molecular complexity index is 1080. The van der Waals surface area contributed by atoms with Crippen LogP contribution in [0.3, 0.4) is 0 Å². The van der Waals surface area contributed by atoms with Gasteiger partial charge in [0.1, 0.15) is 17.7 Å². The molecule has 4 rings (SSSR count). The van der Waals surface area contributed by atoms with Crippen LogP contribution in [-0.4, -0.2) is 5.11 Å². The Hall–Kier alpha value is -3.14. The van der Waals surface area contributed by atoms with Gasteiger partial charge in [0.2, 0.25) is 0 Å². The zero-order valence-corrected chi connectivity index (χ0v) is 17.1. The monoisotopic (exact) mass is 406 g/mol. The largest absolute Gasteiger partial charge is 0.505 e. The van der Waals surface area contributed by atoms with Crippen molar-refractivity contribution in [2.24, 2.45) is 0 Å². The molecule has 0 saturated heterocycles. The van der Waals surface area contributed by atoms with Gasteiger partial charge in [-0.25, -0.2) is 8.78 Å². The lowest BCUT2D eigenvalue weighted by Crippen LogP contribution is -2.16. The standard InChI is InChI=1S/C26H24F2O2/c1-3-4-5-17-6-8-19(9-7-17)26-25(18-10-12-20(27)13-11-18)16(2)21-14-23(29)22(28)15-24(21)30-26/h6-15,26,29H,3-5H2,1-2H3/t26-/m0/s1. The van der Waals surface area contributed by atoms with E-state index in [1.807, 2.05) is 19.1 Å². The molecule has 3 aromatic rings. The van der Waals surface area contributed by atoms with Crippen LogP contribution >= 0.6 is 0 Å². The number of aryl methyl sites for hydroxylation is 1. The third kappa shape index (κ3) is 3.82. The molecule has 1 aliphatic heterocycles. The van der Waals surface area contributed by atoms with Crippen molar-refractivity contribution in [3.8, 4) is 11.5 Å². The number of hydrogen-bond donors (Lipinski definition) is 1. The summed E-state index contributed by atoms with van der Waals surface area (Å²) in [6.45, 7) is 4.08. The number of ether oxygens (including phenoxy) is 1. The number of aromatic hydroxyl groups is 1. The van der Waals surface area contributed by atoms with Crippen LogP contribution in [0.15, 0.2) is 60.7 Å². The number of phenolic OH excluding ortho intramolecular Hbond substituents is 1. The number of halogens is 2. The molecule has 0 aliphatic carbocycles. The topological polar surface area (TPSA) is 29.5 Å². The van der Waals surface area contributed by atoms with Gasteiger partial charge in [0.05, 0.1) is 0 Å². The van der Waals surface area contributed by atoms with E-state index in [1.54, 1.807) is 12.1 Å². The van der Waals surface area contributed by atoms with Crippen molar-refractivity contribution in [2.45, 2.75) is 39.2 Å². The molecular weight excluding hydrogens is 382 g/mol. The van der Waals surface area contributed by atoms with Crippen molar-refractivity contribution >= 4 is 11.1 Å². The molecule has 154 valence electrons. The molecule has 0 aromatic heterocycles. The fourth-order valence-corrected chi connectivity index (χ4v) is 3.93. The zero-order chi connectivity index (χ0) is 21.3. The van der Waals surface area contributed by atoms with Gasteiger partial charge in [0, 0.05) is 17.2 Å². The normalized spacial score (nSPS) is 15.7. The van der Waals surface area contributed by atoms with Gasteiger partial charge in [-0.05, 0) is 60.2 Å².